The number of imidazole rings is 1. The molecule has 0 unspecified atom stereocenters. The van der Waals surface area contributed by atoms with Gasteiger partial charge in [-0.05, 0) is 19.1 Å². The number of hydrogen-bond acceptors (Lipinski definition) is 2. The van der Waals surface area contributed by atoms with Crippen molar-refractivity contribution >= 4 is 11.0 Å². The predicted octanol–water partition coefficient (Wildman–Crippen LogP) is 1.47. The van der Waals surface area contributed by atoms with Crippen LogP contribution >= 0.6 is 0 Å². The lowest BCUT2D eigenvalue weighted by molar-refractivity contribution is 0.613. The second-order valence-corrected chi connectivity index (χ2v) is 2.95. The number of nitrogens with two attached hydrogens (primary N) is 1. The number of H-pyrrole nitrogens is 1. The van der Waals surface area contributed by atoms with Crippen LogP contribution in [0.1, 0.15) is 11.4 Å². The highest BCUT2D eigenvalue weighted by molar-refractivity contribution is 5.78. The van der Waals surface area contributed by atoms with E-state index in [9.17, 15) is 4.39 Å². The molecule has 2 aromatic rings. The Kier molecular flexibility index (Phi) is 1.77. The molecule has 13 heavy (non-hydrogen) atoms. The summed E-state index contributed by atoms with van der Waals surface area (Å²) in [4.78, 5) is 7.20. The quantitative estimate of drug-likeness (QED) is 0.696. The highest BCUT2D eigenvalue weighted by atomic mass is 19.1. The number of fused-ring (bicyclic) bond motifs is 1. The standard InChI is InChI=1S/C9H10FN3/c1-5-12-8-3-2-7(10)6(4-11)9(8)13-5/h2-3H,4,11H2,1H3,(H,12,13). The summed E-state index contributed by atoms with van der Waals surface area (Å²) in [5, 5.41) is 0. The van der Waals surface area contributed by atoms with E-state index in [1.165, 1.54) is 6.07 Å². The lowest BCUT2D eigenvalue weighted by Crippen LogP contribution is -2.00. The van der Waals surface area contributed by atoms with Gasteiger partial charge in [0.2, 0.25) is 0 Å². The van der Waals surface area contributed by atoms with Crippen LogP contribution in [0, 0.1) is 12.7 Å². The van der Waals surface area contributed by atoms with Crippen molar-refractivity contribution in [3.05, 3.63) is 29.3 Å². The Morgan fingerprint density at radius 3 is 3.00 bits per heavy atom. The molecule has 1 heterocycles. The SMILES string of the molecule is Cc1nc2c(CN)c(F)ccc2[nH]1. The first-order valence-corrected chi connectivity index (χ1v) is 4.06. The van der Waals surface area contributed by atoms with Crippen molar-refractivity contribution in [3.63, 3.8) is 0 Å². The van der Waals surface area contributed by atoms with Crippen LogP contribution < -0.4 is 5.73 Å². The Morgan fingerprint density at radius 1 is 1.54 bits per heavy atom. The molecule has 0 fully saturated rings. The molecule has 0 saturated carbocycles. The lowest BCUT2D eigenvalue weighted by Gasteiger charge is -1.98. The van der Waals surface area contributed by atoms with Gasteiger partial charge in [0.15, 0.2) is 0 Å². The zero-order valence-corrected chi connectivity index (χ0v) is 7.26. The van der Waals surface area contributed by atoms with Gasteiger partial charge >= 0.3 is 0 Å². The van der Waals surface area contributed by atoms with Gasteiger partial charge in [0, 0.05) is 12.1 Å². The molecule has 2 rings (SSSR count). The second kappa shape index (κ2) is 2.81. The number of nitrogens with one attached hydrogen (secondary N) is 1. The van der Waals surface area contributed by atoms with Crippen LogP contribution in [0.4, 0.5) is 4.39 Å². The van der Waals surface area contributed by atoms with Gasteiger partial charge in [0.1, 0.15) is 11.6 Å². The first kappa shape index (κ1) is 8.19. The van der Waals surface area contributed by atoms with E-state index < -0.39 is 0 Å². The number of halogens is 1. The molecule has 4 heteroatoms. The normalized spacial score (nSPS) is 11.0. The minimum Gasteiger partial charge on any atom is -0.342 e. The Bertz CT molecular complexity index is 447. The molecule has 0 amide bonds. The third kappa shape index (κ3) is 1.19. The third-order valence-corrected chi connectivity index (χ3v) is 2.02. The lowest BCUT2D eigenvalue weighted by atomic mass is 10.2. The van der Waals surface area contributed by atoms with Crippen molar-refractivity contribution in [2.45, 2.75) is 13.5 Å². The average Bonchev–Trinajstić information content (AvgIpc) is 2.45. The van der Waals surface area contributed by atoms with Crippen molar-refractivity contribution in [1.82, 2.24) is 9.97 Å². The van der Waals surface area contributed by atoms with Gasteiger partial charge in [-0.1, -0.05) is 0 Å². The van der Waals surface area contributed by atoms with Crippen LogP contribution in [0.5, 0.6) is 0 Å². The zero-order valence-electron chi connectivity index (χ0n) is 7.26. The molecule has 1 aromatic carbocycles. The molecule has 0 saturated heterocycles. The number of rotatable bonds is 1. The molecule has 0 radical (unpaired) electrons. The summed E-state index contributed by atoms with van der Waals surface area (Å²) >= 11 is 0. The Morgan fingerprint density at radius 2 is 2.31 bits per heavy atom. The molecule has 0 aliphatic heterocycles. The van der Waals surface area contributed by atoms with Crippen LogP contribution in [-0.2, 0) is 6.54 Å². The van der Waals surface area contributed by atoms with Gasteiger partial charge in [-0.3, -0.25) is 0 Å². The first-order chi connectivity index (χ1) is 6.22. The van der Waals surface area contributed by atoms with E-state index in [4.69, 9.17) is 5.73 Å². The van der Waals surface area contributed by atoms with Crippen LogP contribution in [0.3, 0.4) is 0 Å². The van der Waals surface area contributed by atoms with E-state index in [0.717, 1.165) is 11.3 Å². The Labute approximate surface area is 74.8 Å². The van der Waals surface area contributed by atoms with E-state index in [-0.39, 0.29) is 12.4 Å². The van der Waals surface area contributed by atoms with Gasteiger partial charge in [0.05, 0.1) is 11.0 Å². The van der Waals surface area contributed by atoms with Crippen molar-refractivity contribution in [3.8, 4) is 0 Å². The van der Waals surface area contributed by atoms with Gasteiger partial charge in [-0.25, -0.2) is 9.37 Å². The maximum absolute atomic E-state index is 13.2. The summed E-state index contributed by atoms with van der Waals surface area (Å²) in [7, 11) is 0. The fourth-order valence-corrected chi connectivity index (χ4v) is 1.42. The number of aryl methyl sites for hydroxylation is 1. The van der Waals surface area contributed by atoms with Gasteiger partial charge in [-0.2, -0.15) is 0 Å². The number of aromatic amines is 1. The fourth-order valence-electron chi connectivity index (χ4n) is 1.42. The second-order valence-electron chi connectivity index (χ2n) is 2.95. The molecule has 0 aliphatic rings. The third-order valence-electron chi connectivity index (χ3n) is 2.02. The van der Waals surface area contributed by atoms with Crippen LogP contribution in [0.15, 0.2) is 12.1 Å². The summed E-state index contributed by atoms with van der Waals surface area (Å²) in [5.41, 5.74) is 7.38. The monoisotopic (exact) mass is 179 g/mol. The molecule has 1 aromatic heterocycles. The number of hydrogen-bond donors (Lipinski definition) is 2. The molecule has 3 N–H and O–H groups in total. The van der Waals surface area contributed by atoms with Crippen LogP contribution in [0.2, 0.25) is 0 Å². The molecule has 0 bridgehead atoms. The molecule has 3 nitrogen and oxygen atoms in total. The van der Waals surface area contributed by atoms with Crippen molar-refractivity contribution in [2.24, 2.45) is 5.73 Å². The van der Waals surface area contributed by atoms with E-state index in [1.807, 2.05) is 6.92 Å². The summed E-state index contributed by atoms with van der Waals surface area (Å²) in [6.45, 7) is 2.01. The van der Waals surface area contributed by atoms with E-state index in [2.05, 4.69) is 9.97 Å². The minimum atomic E-state index is -0.290. The maximum Gasteiger partial charge on any atom is 0.130 e. The minimum absolute atomic E-state index is 0.174. The van der Waals surface area contributed by atoms with Gasteiger partial charge < -0.3 is 10.7 Å². The zero-order chi connectivity index (χ0) is 9.42. The van der Waals surface area contributed by atoms with Gasteiger partial charge in [-0.15, -0.1) is 0 Å². The number of nitrogens with zero attached hydrogens (tertiary/aromatic N) is 1. The van der Waals surface area contributed by atoms with Crippen molar-refractivity contribution in [2.75, 3.05) is 0 Å². The van der Waals surface area contributed by atoms with E-state index in [0.29, 0.717) is 11.1 Å². The largest absolute Gasteiger partial charge is 0.342 e. The summed E-state index contributed by atoms with van der Waals surface area (Å²) in [5.74, 6) is 0.483. The maximum atomic E-state index is 13.2. The topological polar surface area (TPSA) is 54.7 Å². The molecular formula is C9H10FN3. The number of aromatic nitrogens is 2. The summed E-state index contributed by atoms with van der Waals surface area (Å²) in [6, 6.07) is 3.08. The first-order valence-electron chi connectivity index (χ1n) is 4.06. The predicted molar refractivity (Wildman–Crippen MR) is 48.7 cm³/mol. The van der Waals surface area contributed by atoms with Gasteiger partial charge in [0.25, 0.3) is 0 Å². The van der Waals surface area contributed by atoms with Crippen molar-refractivity contribution < 1.29 is 4.39 Å². The summed E-state index contributed by atoms with van der Waals surface area (Å²) < 4.78 is 13.2. The molecule has 68 valence electrons. The fraction of sp³-hybridized carbons (Fsp3) is 0.222. The highest BCUT2D eigenvalue weighted by Gasteiger charge is 2.08. The summed E-state index contributed by atoms with van der Waals surface area (Å²) in [6.07, 6.45) is 0. The highest BCUT2D eigenvalue weighted by Crippen LogP contribution is 2.18. The smallest absolute Gasteiger partial charge is 0.130 e. The van der Waals surface area contributed by atoms with Crippen molar-refractivity contribution in [1.29, 1.82) is 0 Å². The average molecular weight is 179 g/mol. The molecular weight excluding hydrogens is 169 g/mol. The molecule has 0 spiro atoms. The van der Waals surface area contributed by atoms with Crippen LogP contribution in [0.25, 0.3) is 11.0 Å². The molecule has 0 atom stereocenters. The number of benzene rings is 1. The molecule has 0 aliphatic carbocycles. The Hall–Kier alpha value is -1.42. The van der Waals surface area contributed by atoms with E-state index in [1.54, 1.807) is 6.07 Å². The van der Waals surface area contributed by atoms with Crippen LogP contribution in [-0.4, -0.2) is 9.97 Å². The van der Waals surface area contributed by atoms with E-state index >= 15 is 0 Å². The Balaban J connectivity index is 2.82.